The fourth-order valence-corrected chi connectivity index (χ4v) is 4.58. The molecule has 4 rings (SSSR count). The Morgan fingerprint density at radius 2 is 1.75 bits per heavy atom. The van der Waals surface area contributed by atoms with Crippen LogP contribution in [0, 0.1) is 5.92 Å². The van der Waals surface area contributed by atoms with E-state index in [0.717, 1.165) is 32.7 Å². The average Bonchev–Trinajstić information content (AvgIpc) is 3.13. The molecule has 2 aromatic heterocycles. The van der Waals surface area contributed by atoms with Crippen LogP contribution < -0.4 is 16.1 Å². The molecule has 1 N–H and O–H groups in total. The zero-order chi connectivity index (χ0) is 23.0. The molecule has 0 bridgehead atoms. The molecule has 32 heavy (non-hydrogen) atoms. The van der Waals surface area contributed by atoms with E-state index in [1.807, 2.05) is 4.57 Å². The van der Waals surface area contributed by atoms with Crippen LogP contribution in [-0.4, -0.2) is 56.7 Å². The lowest BCUT2D eigenvalue weighted by atomic mass is 10.1. The van der Waals surface area contributed by atoms with Gasteiger partial charge in [0.2, 0.25) is 5.95 Å². The Bertz CT molecular complexity index is 1220. The molecular weight excluding hydrogens is 451 g/mol. The Balaban J connectivity index is 1.75. The van der Waals surface area contributed by atoms with Crippen molar-refractivity contribution in [2.75, 3.05) is 37.6 Å². The van der Waals surface area contributed by atoms with Gasteiger partial charge in [0.15, 0.2) is 11.2 Å². The van der Waals surface area contributed by atoms with Gasteiger partial charge in [-0.3, -0.25) is 23.8 Å². The number of piperazine rings is 1. The van der Waals surface area contributed by atoms with Crippen molar-refractivity contribution in [3.05, 3.63) is 54.6 Å². The van der Waals surface area contributed by atoms with Gasteiger partial charge >= 0.3 is 5.69 Å². The van der Waals surface area contributed by atoms with Gasteiger partial charge in [-0.25, -0.2) is 4.79 Å². The third kappa shape index (κ3) is 4.44. The van der Waals surface area contributed by atoms with Crippen molar-refractivity contribution in [1.29, 1.82) is 0 Å². The van der Waals surface area contributed by atoms with Crippen molar-refractivity contribution in [1.82, 2.24) is 24.0 Å². The van der Waals surface area contributed by atoms with Gasteiger partial charge in [0.1, 0.15) is 0 Å². The molecule has 1 saturated heterocycles. The van der Waals surface area contributed by atoms with E-state index in [2.05, 4.69) is 28.6 Å². The summed E-state index contributed by atoms with van der Waals surface area (Å²) in [5.74, 6) is 1.32. The number of anilines is 1. The molecule has 0 radical (unpaired) electrons. The minimum atomic E-state index is -0.493. The number of fused-ring (bicyclic) bond motifs is 1. The molecule has 1 aliphatic rings. The Morgan fingerprint density at radius 1 is 1.09 bits per heavy atom. The minimum Gasteiger partial charge on any atom is -0.340 e. The van der Waals surface area contributed by atoms with Crippen LogP contribution in [0.3, 0.4) is 0 Å². The number of benzene rings is 1. The first kappa shape index (κ1) is 22.9. The summed E-state index contributed by atoms with van der Waals surface area (Å²) >= 11 is 12.9. The zero-order valence-electron chi connectivity index (χ0n) is 18.6. The van der Waals surface area contributed by atoms with Crippen LogP contribution >= 0.6 is 23.2 Å². The van der Waals surface area contributed by atoms with Gasteiger partial charge in [-0.05, 0) is 31.0 Å². The summed E-state index contributed by atoms with van der Waals surface area (Å²) in [4.78, 5) is 36.7. The fraction of sp³-hybridized carbons (Fsp3) is 0.500. The molecule has 3 aromatic rings. The number of nitrogens with zero attached hydrogens (tertiary/aromatic N) is 5. The van der Waals surface area contributed by atoms with Crippen LogP contribution in [-0.2, 0) is 13.6 Å². The molecule has 1 fully saturated rings. The Labute approximate surface area is 196 Å². The number of H-pyrrole nitrogens is 1. The van der Waals surface area contributed by atoms with Crippen molar-refractivity contribution < 1.29 is 0 Å². The molecule has 0 atom stereocenters. The normalized spacial score (nSPS) is 15.2. The van der Waals surface area contributed by atoms with E-state index in [-0.39, 0.29) is 6.54 Å². The molecule has 3 heterocycles. The van der Waals surface area contributed by atoms with Crippen LogP contribution in [0.4, 0.5) is 5.95 Å². The van der Waals surface area contributed by atoms with E-state index < -0.39 is 11.2 Å². The second-order valence-corrected chi connectivity index (χ2v) is 9.51. The van der Waals surface area contributed by atoms with E-state index in [1.165, 1.54) is 11.0 Å². The zero-order valence-corrected chi connectivity index (χ0v) is 20.1. The van der Waals surface area contributed by atoms with Crippen LogP contribution in [0.1, 0.15) is 25.8 Å². The lowest BCUT2D eigenvalue weighted by Crippen LogP contribution is -2.47. The van der Waals surface area contributed by atoms with Crippen molar-refractivity contribution in [3.8, 4) is 0 Å². The highest BCUT2D eigenvalue weighted by Gasteiger charge is 2.25. The van der Waals surface area contributed by atoms with Crippen LogP contribution in [0.2, 0.25) is 10.0 Å². The molecule has 0 amide bonds. The molecule has 0 spiro atoms. The van der Waals surface area contributed by atoms with Crippen molar-refractivity contribution in [2.24, 2.45) is 13.0 Å². The van der Waals surface area contributed by atoms with Gasteiger partial charge in [-0.1, -0.05) is 43.1 Å². The number of imidazole rings is 1. The number of aromatic amines is 1. The average molecular weight is 479 g/mol. The van der Waals surface area contributed by atoms with Crippen molar-refractivity contribution in [2.45, 2.75) is 26.8 Å². The van der Waals surface area contributed by atoms with Gasteiger partial charge in [0.25, 0.3) is 5.56 Å². The molecule has 0 unspecified atom stereocenters. The Kier molecular flexibility index (Phi) is 6.65. The first-order valence-electron chi connectivity index (χ1n) is 10.9. The number of halogens is 2. The molecule has 0 aliphatic carbocycles. The highest BCUT2D eigenvalue weighted by Crippen LogP contribution is 2.29. The summed E-state index contributed by atoms with van der Waals surface area (Å²) in [5.41, 5.74) is 0.424. The lowest BCUT2D eigenvalue weighted by molar-refractivity contribution is 0.242. The standard InChI is InChI=1S/C22H28Cl2N6O2/c1-14(2)7-8-28-9-11-29(12-10-28)21-25-19-18(20(31)26-22(32)27(19)3)30(21)13-15-16(23)5-4-6-17(15)24/h4-6,14H,7-13H2,1-3H3,(H,26,31,32). The summed E-state index contributed by atoms with van der Waals surface area (Å²) in [5, 5.41) is 1.04. The third-order valence-corrected chi connectivity index (χ3v) is 6.75. The maximum absolute atomic E-state index is 12.8. The summed E-state index contributed by atoms with van der Waals surface area (Å²) in [6, 6.07) is 5.33. The van der Waals surface area contributed by atoms with Gasteiger partial charge in [0, 0.05) is 48.8 Å². The monoisotopic (exact) mass is 478 g/mol. The van der Waals surface area contributed by atoms with Gasteiger partial charge in [-0.2, -0.15) is 4.98 Å². The second kappa shape index (κ2) is 9.29. The summed E-state index contributed by atoms with van der Waals surface area (Å²) in [7, 11) is 1.61. The smallest absolute Gasteiger partial charge is 0.329 e. The molecular formula is C22H28Cl2N6O2. The maximum atomic E-state index is 12.8. The number of aryl methyl sites for hydroxylation is 1. The first-order valence-corrected chi connectivity index (χ1v) is 11.6. The summed E-state index contributed by atoms with van der Waals surface area (Å²) in [6.45, 7) is 9.22. The van der Waals surface area contributed by atoms with E-state index in [0.29, 0.717) is 38.6 Å². The topological polar surface area (TPSA) is 79.2 Å². The molecule has 172 valence electrons. The summed E-state index contributed by atoms with van der Waals surface area (Å²) in [6.07, 6.45) is 1.17. The van der Waals surface area contributed by atoms with Gasteiger partial charge in [0.05, 0.1) is 6.54 Å². The quantitative estimate of drug-likeness (QED) is 0.588. The van der Waals surface area contributed by atoms with Gasteiger partial charge < -0.3 is 4.90 Å². The Morgan fingerprint density at radius 3 is 2.38 bits per heavy atom. The van der Waals surface area contributed by atoms with Crippen LogP contribution in [0.5, 0.6) is 0 Å². The molecule has 0 saturated carbocycles. The minimum absolute atomic E-state index is 0.277. The molecule has 1 aliphatic heterocycles. The largest absolute Gasteiger partial charge is 0.340 e. The van der Waals surface area contributed by atoms with Crippen molar-refractivity contribution >= 4 is 40.3 Å². The number of hydrogen-bond acceptors (Lipinski definition) is 5. The SMILES string of the molecule is CC(C)CCN1CCN(c2nc3c(c(=O)[nH]c(=O)n3C)n2Cc2c(Cl)cccc2Cl)CC1. The second-order valence-electron chi connectivity index (χ2n) is 8.70. The van der Waals surface area contributed by atoms with Crippen molar-refractivity contribution in [3.63, 3.8) is 0 Å². The third-order valence-electron chi connectivity index (χ3n) is 6.04. The highest BCUT2D eigenvalue weighted by molar-refractivity contribution is 6.36. The highest BCUT2D eigenvalue weighted by atomic mass is 35.5. The van der Waals surface area contributed by atoms with E-state index >= 15 is 0 Å². The number of aromatic nitrogens is 4. The van der Waals surface area contributed by atoms with Crippen LogP contribution in [0.15, 0.2) is 27.8 Å². The molecule has 1 aromatic carbocycles. The predicted molar refractivity (Wildman–Crippen MR) is 129 cm³/mol. The van der Waals surface area contributed by atoms with Gasteiger partial charge in [-0.15, -0.1) is 0 Å². The van der Waals surface area contributed by atoms with E-state index in [1.54, 1.807) is 25.2 Å². The van der Waals surface area contributed by atoms with E-state index in [9.17, 15) is 9.59 Å². The Hall–Kier alpha value is -2.29. The molecule has 10 heteroatoms. The predicted octanol–water partition coefficient (Wildman–Crippen LogP) is 2.95. The summed E-state index contributed by atoms with van der Waals surface area (Å²) < 4.78 is 3.19. The maximum Gasteiger partial charge on any atom is 0.329 e. The number of rotatable bonds is 6. The number of nitrogens with one attached hydrogen (secondary N) is 1. The van der Waals surface area contributed by atoms with E-state index in [4.69, 9.17) is 28.2 Å². The fourth-order valence-electron chi connectivity index (χ4n) is 4.07. The first-order chi connectivity index (χ1) is 15.3. The van der Waals surface area contributed by atoms with Crippen LogP contribution in [0.25, 0.3) is 11.2 Å². The lowest BCUT2D eigenvalue weighted by Gasteiger charge is -2.35. The number of hydrogen-bond donors (Lipinski definition) is 1. The molecule has 8 nitrogen and oxygen atoms in total.